The van der Waals surface area contributed by atoms with Gasteiger partial charge in [-0.15, -0.1) is 0 Å². The number of nitrogens with one attached hydrogen (secondary N) is 1. The summed E-state index contributed by atoms with van der Waals surface area (Å²) in [4.78, 5) is 40.4. The number of carbonyl (C=O) groups excluding carboxylic acids is 1. The van der Waals surface area contributed by atoms with Gasteiger partial charge in [0.25, 0.3) is 11.2 Å². The number of amides is 1. The van der Waals surface area contributed by atoms with Crippen LogP contribution in [0.3, 0.4) is 0 Å². The normalized spacial score (nSPS) is 10.8. The maximum atomic E-state index is 13.4. The third-order valence-corrected chi connectivity index (χ3v) is 5.44. The van der Waals surface area contributed by atoms with Gasteiger partial charge in [-0.3, -0.25) is 24.3 Å². The average molecular weight is 450 g/mol. The van der Waals surface area contributed by atoms with Crippen molar-refractivity contribution in [3.05, 3.63) is 99.1 Å². The predicted molar refractivity (Wildman–Crippen MR) is 120 cm³/mol. The highest BCUT2D eigenvalue weighted by molar-refractivity contribution is 7.99. The van der Waals surface area contributed by atoms with Crippen LogP contribution in [0.25, 0.3) is 16.6 Å². The Morgan fingerprint density at radius 1 is 1.09 bits per heavy atom. The zero-order chi connectivity index (χ0) is 22.7. The SMILES string of the molecule is O=C(CSc1nc2ccccc2c(=O)n1-c1ccc(F)cc1)Nc1cccc([N+](=O)[O-])c1. The number of hydrogen-bond donors (Lipinski definition) is 1. The molecule has 8 nitrogen and oxygen atoms in total. The van der Waals surface area contributed by atoms with Gasteiger partial charge in [0.05, 0.1) is 27.3 Å². The van der Waals surface area contributed by atoms with E-state index < -0.39 is 16.6 Å². The molecule has 0 unspecified atom stereocenters. The monoisotopic (exact) mass is 450 g/mol. The molecule has 1 aromatic heterocycles. The number of fused-ring (bicyclic) bond motifs is 1. The van der Waals surface area contributed by atoms with Crippen molar-refractivity contribution in [2.75, 3.05) is 11.1 Å². The van der Waals surface area contributed by atoms with Crippen LogP contribution >= 0.6 is 11.8 Å². The topological polar surface area (TPSA) is 107 Å². The molecule has 0 saturated carbocycles. The van der Waals surface area contributed by atoms with Crippen LogP contribution in [-0.4, -0.2) is 26.1 Å². The van der Waals surface area contributed by atoms with Crippen molar-refractivity contribution < 1.29 is 14.1 Å². The first-order valence-corrected chi connectivity index (χ1v) is 10.4. The Bertz CT molecular complexity index is 1390. The van der Waals surface area contributed by atoms with E-state index in [1.165, 1.54) is 53.1 Å². The quantitative estimate of drug-likeness (QED) is 0.205. The van der Waals surface area contributed by atoms with E-state index in [2.05, 4.69) is 10.3 Å². The summed E-state index contributed by atoms with van der Waals surface area (Å²) in [7, 11) is 0. The number of carbonyl (C=O) groups is 1. The van der Waals surface area contributed by atoms with E-state index in [9.17, 15) is 24.1 Å². The summed E-state index contributed by atoms with van der Waals surface area (Å²) in [6.45, 7) is 0. The lowest BCUT2D eigenvalue weighted by atomic mass is 10.2. The van der Waals surface area contributed by atoms with Crippen molar-refractivity contribution >= 4 is 39.9 Å². The number of benzene rings is 3. The average Bonchev–Trinajstić information content (AvgIpc) is 2.79. The number of hydrogen-bond acceptors (Lipinski definition) is 6. The van der Waals surface area contributed by atoms with Crippen LogP contribution in [-0.2, 0) is 4.79 Å². The van der Waals surface area contributed by atoms with Crippen molar-refractivity contribution in [3.63, 3.8) is 0 Å². The van der Waals surface area contributed by atoms with Gasteiger partial charge in [0.1, 0.15) is 5.82 Å². The molecule has 0 bridgehead atoms. The highest BCUT2D eigenvalue weighted by Gasteiger charge is 2.15. The van der Waals surface area contributed by atoms with E-state index in [-0.39, 0.29) is 27.8 Å². The largest absolute Gasteiger partial charge is 0.325 e. The molecule has 3 aromatic carbocycles. The second-order valence-corrected chi connectivity index (χ2v) is 7.62. The third-order valence-electron chi connectivity index (χ3n) is 4.50. The Kier molecular flexibility index (Phi) is 5.95. The molecular weight excluding hydrogens is 435 g/mol. The number of para-hydroxylation sites is 1. The van der Waals surface area contributed by atoms with Crippen molar-refractivity contribution in [3.8, 4) is 5.69 Å². The molecule has 0 spiro atoms. The number of halogens is 1. The molecule has 10 heteroatoms. The molecule has 1 amide bonds. The van der Waals surface area contributed by atoms with E-state index in [1.54, 1.807) is 24.3 Å². The van der Waals surface area contributed by atoms with Crippen LogP contribution < -0.4 is 10.9 Å². The minimum absolute atomic E-state index is 0.103. The molecule has 160 valence electrons. The number of nitro benzene ring substituents is 1. The Labute approximate surface area is 184 Å². The van der Waals surface area contributed by atoms with Crippen molar-refractivity contribution in [1.82, 2.24) is 9.55 Å². The molecule has 0 atom stereocenters. The molecule has 1 heterocycles. The maximum Gasteiger partial charge on any atom is 0.271 e. The lowest BCUT2D eigenvalue weighted by Crippen LogP contribution is -2.23. The summed E-state index contributed by atoms with van der Waals surface area (Å²) in [6, 6.07) is 17.8. The van der Waals surface area contributed by atoms with Crippen LogP contribution in [0.15, 0.2) is 82.7 Å². The van der Waals surface area contributed by atoms with Gasteiger partial charge < -0.3 is 5.32 Å². The van der Waals surface area contributed by atoms with Gasteiger partial charge in [0.15, 0.2) is 5.16 Å². The van der Waals surface area contributed by atoms with Gasteiger partial charge in [-0.2, -0.15) is 0 Å². The van der Waals surface area contributed by atoms with E-state index >= 15 is 0 Å². The van der Waals surface area contributed by atoms with Crippen LogP contribution in [0, 0.1) is 15.9 Å². The Hall–Kier alpha value is -4.05. The lowest BCUT2D eigenvalue weighted by Gasteiger charge is -2.13. The molecule has 0 aliphatic carbocycles. The molecule has 1 N–H and O–H groups in total. The minimum atomic E-state index is -0.551. The maximum absolute atomic E-state index is 13.4. The first-order valence-electron chi connectivity index (χ1n) is 9.37. The predicted octanol–water partition coefficient (Wildman–Crippen LogP) is 4.16. The van der Waals surface area contributed by atoms with E-state index in [1.807, 2.05) is 0 Å². The molecular formula is C22H15FN4O4S. The first-order chi connectivity index (χ1) is 15.4. The van der Waals surface area contributed by atoms with Gasteiger partial charge in [-0.25, -0.2) is 9.37 Å². The summed E-state index contributed by atoms with van der Waals surface area (Å²) >= 11 is 1.03. The van der Waals surface area contributed by atoms with Gasteiger partial charge in [-0.05, 0) is 42.5 Å². The molecule has 0 radical (unpaired) electrons. The van der Waals surface area contributed by atoms with Gasteiger partial charge in [0.2, 0.25) is 5.91 Å². The summed E-state index contributed by atoms with van der Waals surface area (Å²) < 4.78 is 14.7. The molecule has 0 saturated heterocycles. The second kappa shape index (κ2) is 8.98. The zero-order valence-electron chi connectivity index (χ0n) is 16.4. The summed E-state index contributed by atoms with van der Waals surface area (Å²) in [5.41, 5.74) is 0.682. The standard InChI is InChI=1S/C22H15FN4O4S/c23-14-8-10-16(11-9-14)26-21(29)18-6-1-2-7-19(18)25-22(26)32-13-20(28)24-15-4-3-5-17(12-15)27(30)31/h1-12H,13H2,(H,24,28). The summed E-state index contributed by atoms with van der Waals surface area (Å²) in [6.07, 6.45) is 0. The second-order valence-electron chi connectivity index (χ2n) is 6.67. The molecule has 0 fully saturated rings. The Morgan fingerprint density at radius 3 is 2.59 bits per heavy atom. The Balaban J connectivity index is 1.63. The Morgan fingerprint density at radius 2 is 1.84 bits per heavy atom. The van der Waals surface area contributed by atoms with Crippen molar-refractivity contribution in [2.45, 2.75) is 5.16 Å². The fraction of sp³-hybridized carbons (Fsp3) is 0.0455. The van der Waals surface area contributed by atoms with Gasteiger partial charge >= 0.3 is 0 Å². The molecule has 0 aliphatic heterocycles. The van der Waals surface area contributed by atoms with Crippen LogP contribution in [0.1, 0.15) is 0 Å². The third kappa shape index (κ3) is 4.49. The number of anilines is 1. The number of nitrogens with zero attached hydrogens (tertiary/aromatic N) is 3. The van der Waals surface area contributed by atoms with Crippen LogP contribution in [0.2, 0.25) is 0 Å². The molecule has 4 rings (SSSR count). The fourth-order valence-electron chi connectivity index (χ4n) is 3.05. The van der Waals surface area contributed by atoms with Crippen LogP contribution in [0.4, 0.5) is 15.8 Å². The number of nitro groups is 1. The highest BCUT2D eigenvalue weighted by Crippen LogP contribution is 2.22. The lowest BCUT2D eigenvalue weighted by molar-refractivity contribution is -0.384. The molecule has 4 aromatic rings. The van der Waals surface area contributed by atoms with Gasteiger partial charge in [-0.1, -0.05) is 30.0 Å². The number of non-ortho nitro benzene ring substituents is 1. The van der Waals surface area contributed by atoms with Gasteiger partial charge in [0, 0.05) is 17.8 Å². The van der Waals surface area contributed by atoms with E-state index in [0.29, 0.717) is 16.6 Å². The van der Waals surface area contributed by atoms with Crippen LogP contribution in [0.5, 0.6) is 0 Å². The zero-order valence-corrected chi connectivity index (χ0v) is 17.2. The summed E-state index contributed by atoms with van der Waals surface area (Å²) in [5, 5.41) is 14.2. The minimum Gasteiger partial charge on any atom is -0.325 e. The number of rotatable bonds is 6. The van der Waals surface area contributed by atoms with Crippen molar-refractivity contribution in [1.29, 1.82) is 0 Å². The highest BCUT2D eigenvalue weighted by atomic mass is 32.2. The van der Waals surface area contributed by atoms with Crippen molar-refractivity contribution in [2.24, 2.45) is 0 Å². The number of aromatic nitrogens is 2. The summed E-state index contributed by atoms with van der Waals surface area (Å²) in [5.74, 6) is -0.973. The van der Waals surface area contributed by atoms with E-state index in [0.717, 1.165) is 11.8 Å². The molecule has 0 aliphatic rings. The number of thioether (sulfide) groups is 1. The smallest absolute Gasteiger partial charge is 0.271 e. The van der Waals surface area contributed by atoms with E-state index in [4.69, 9.17) is 0 Å². The first kappa shape index (κ1) is 21.2. The fourth-order valence-corrected chi connectivity index (χ4v) is 3.86. The molecule has 32 heavy (non-hydrogen) atoms.